The van der Waals surface area contributed by atoms with Crippen molar-refractivity contribution in [3.63, 3.8) is 0 Å². The molecule has 0 fully saturated rings. The molecule has 41 heavy (non-hydrogen) atoms. The van der Waals surface area contributed by atoms with Crippen molar-refractivity contribution in [1.82, 2.24) is 9.38 Å². The normalized spacial score (nSPS) is 11.6. The van der Waals surface area contributed by atoms with Crippen LogP contribution in [0, 0.1) is 19.9 Å². The smallest absolute Gasteiger partial charge is 0.155 e. The van der Waals surface area contributed by atoms with E-state index in [4.69, 9.17) is 10.1 Å². The summed E-state index contributed by atoms with van der Waals surface area (Å²) in [6, 6.07) is 33.8. The second-order valence-corrected chi connectivity index (χ2v) is 10.3. The summed E-state index contributed by atoms with van der Waals surface area (Å²) in [6.45, 7) is 7.16. The Bertz CT molecular complexity index is 2080. The van der Waals surface area contributed by atoms with Gasteiger partial charge in [-0.25, -0.2) is 0 Å². The predicted octanol–water partition coefficient (Wildman–Crippen LogP) is 9.02. The minimum absolute atomic E-state index is 0. The van der Waals surface area contributed by atoms with Gasteiger partial charge in [-0.1, -0.05) is 72.1 Å². The first-order chi connectivity index (χ1) is 19.3. The number of hydrogen-bond acceptors (Lipinski definition) is 3. The molecule has 0 aliphatic carbocycles. The average Bonchev–Trinajstić information content (AvgIpc) is 3.45. The zero-order chi connectivity index (χ0) is 28.0. The van der Waals surface area contributed by atoms with Crippen molar-refractivity contribution in [3.8, 4) is 22.4 Å². The Morgan fingerprint density at radius 2 is 1.49 bits per heavy atom. The minimum atomic E-state index is -0.125. The van der Waals surface area contributed by atoms with Gasteiger partial charge in [0, 0.05) is 54.2 Å². The Morgan fingerprint density at radius 3 is 2.17 bits per heavy atom. The van der Waals surface area contributed by atoms with E-state index in [1.165, 1.54) is 80.3 Å². The summed E-state index contributed by atoms with van der Waals surface area (Å²) in [5, 5.41) is 13.5. The number of aliphatic hydroxyl groups is 1. The molecule has 5 heteroatoms. The summed E-state index contributed by atoms with van der Waals surface area (Å²) in [5.41, 5.74) is 10.6. The molecular weight excluding hydrogens is 685 g/mol. The van der Waals surface area contributed by atoms with Crippen LogP contribution in [0.1, 0.15) is 25.0 Å². The quantitative estimate of drug-likeness (QED) is 0.113. The fourth-order valence-electron chi connectivity index (χ4n) is 5.67. The predicted molar refractivity (Wildman–Crippen MR) is 165 cm³/mol. The molecule has 1 N–H and O–H groups in total. The number of aromatic nitrogens is 2. The number of allylic oxidation sites excluding steroid dienone is 2. The van der Waals surface area contributed by atoms with Crippen LogP contribution in [0.4, 0.5) is 0 Å². The number of pyridine rings is 1. The molecule has 0 atom stereocenters. The summed E-state index contributed by atoms with van der Waals surface area (Å²) in [7, 11) is 0. The number of nitrogens with zero attached hydrogens (tertiary/aromatic N) is 2. The zero-order valence-electron chi connectivity index (χ0n) is 23.3. The Kier molecular flexibility index (Phi) is 7.77. The van der Waals surface area contributed by atoms with Gasteiger partial charge in [-0.15, -0.1) is 23.8 Å². The second-order valence-electron chi connectivity index (χ2n) is 10.3. The first-order valence-electron chi connectivity index (χ1n) is 13.3. The first-order valence-corrected chi connectivity index (χ1v) is 13.3. The van der Waals surface area contributed by atoms with E-state index in [0.717, 1.165) is 11.3 Å². The number of benzene rings is 4. The molecule has 4 nitrogen and oxygen atoms in total. The summed E-state index contributed by atoms with van der Waals surface area (Å²) >= 11 is 0. The molecule has 0 aliphatic heterocycles. The Morgan fingerprint density at radius 1 is 0.805 bits per heavy atom. The van der Waals surface area contributed by atoms with Crippen LogP contribution < -0.4 is 0 Å². The molecule has 205 valence electrons. The van der Waals surface area contributed by atoms with Gasteiger partial charge in [0.2, 0.25) is 0 Å². The monoisotopic (exact) mass is 714 g/mol. The number of carbonyl (C=O) groups excluding carboxylic acids is 1. The third-order valence-corrected chi connectivity index (χ3v) is 7.39. The molecule has 1 radical (unpaired) electrons. The minimum Gasteiger partial charge on any atom is -0.512 e. The maximum atomic E-state index is 10.0. The van der Waals surface area contributed by atoms with E-state index in [1.807, 2.05) is 6.20 Å². The molecule has 7 aromatic rings. The third kappa shape index (κ3) is 5.04. The number of para-hydroxylation sites is 2. The van der Waals surface area contributed by atoms with E-state index < -0.39 is 0 Å². The zero-order valence-corrected chi connectivity index (χ0v) is 25.7. The first kappa shape index (κ1) is 28.2. The summed E-state index contributed by atoms with van der Waals surface area (Å²) in [5.74, 6) is -0.0625. The van der Waals surface area contributed by atoms with Gasteiger partial charge >= 0.3 is 0 Å². The van der Waals surface area contributed by atoms with E-state index in [-0.39, 0.29) is 31.6 Å². The van der Waals surface area contributed by atoms with Gasteiger partial charge in [-0.3, -0.25) is 4.79 Å². The fourth-order valence-corrected chi connectivity index (χ4v) is 5.67. The van der Waals surface area contributed by atoms with Crippen LogP contribution in [-0.2, 0) is 24.9 Å². The summed E-state index contributed by atoms with van der Waals surface area (Å²) < 4.78 is 2.38. The van der Waals surface area contributed by atoms with Crippen LogP contribution in [-0.4, -0.2) is 20.3 Å². The number of rotatable bonds is 3. The Labute approximate surface area is 252 Å². The van der Waals surface area contributed by atoms with Crippen molar-refractivity contribution in [2.75, 3.05) is 0 Å². The van der Waals surface area contributed by atoms with Gasteiger partial charge in [0.05, 0.1) is 11.3 Å². The van der Waals surface area contributed by atoms with Crippen LogP contribution in [0.15, 0.2) is 103 Å². The van der Waals surface area contributed by atoms with Crippen LogP contribution in [0.3, 0.4) is 0 Å². The van der Waals surface area contributed by atoms with Gasteiger partial charge in [0.15, 0.2) is 5.78 Å². The molecule has 3 heterocycles. The number of aryl methyl sites for hydroxylation is 2. The molecule has 7 rings (SSSR count). The molecule has 0 saturated carbocycles. The number of hydrogen-bond donors (Lipinski definition) is 1. The number of carbonyl (C=O) groups is 1. The maximum Gasteiger partial charge on any atom is 0.155 e. The largest absolute Gasteiger partial charge is 0.512 e. The maximum absolute atomic E-state index is 10.0. The van der Waals surface area contributed by atoms with Crippen molar-refractivity contribution in [1.29, 1.82) is 0 Å². The average molecular weight is 714 g/mol. The van der Waals surface area contributed by atoms with Crippen LogP contribution >= 0.6 is 0 Å². The summed E-state index contributed by atoms with van der Waals surface area (Å²) in [6.07, 6.45) is 3.17. The number of aliphatic hydroxyl groups excluding tert-OH is 1. The Balaban J connectivity index is 0.000000379. The van der Waals surface area contributed by atoms with Crippen LogP contribution in [0.25, 0.3) is 60.5 Å². The van der Waals surface area contributed by atoms with Crippen LogP contribution in [0.5, 0.6) is 0 Å². The van der Waals surface area contributed by atoms with Gasteiger partial charge in [0.1, 0.15) is 0 Å². The molecule has 0 saturated heterocycles. The summed E-state index contributed by atoms with van der Waals surface area (Å²) in [4.78, 5) is 14.9. The SMILES string of the molecule is CC(=O)/C=C(/C)O.Cc1ccccc1-c1cnc(-c2[c-]cc3c(c2)c2cccc4c5ccccc5n3c24)cc1C.[Ir]. The van der Waals surface area contributed by atoms with Crippen molar-refractivity contribution >= 4 is 43.9 Å². The Hall–Kier alpha value is -4.31. The molecule has 0 spiro atoms. The molecule has 0 aliphatic rings. The topological polar surface area (TPSA) is 54.6 Å². The van der Waals surface area contributed by atoms with Crippen molar-refractivity contribution in [2.24, 2.45) is 0 Å². The molecular formula is C36H29IrN2O2-. The van der Waals surface area contributed by atoms with Crippen LogP contribution in [0.2, 0.25) is 0 Å². The van der Waals surface area contributed by atoms with E-state index in [0.29, 0.717) is 0 Å². The molecule has 0 amide bonds. The third-order valence-electron chi connectivity index (χ3n) is 7.39. The van der Waals surface area contributed by atoms with Crippen molar-refractivity contribution < 1.29 is 30.0 Å². The van der Waals surface area contributed by atoms with Gasteiger partial charge in [-0.05, 0) is 67.0 Å². The van der Waals surface area contributed by atoms with E-state index in [2.05, 4.69) is 109 Å². The van der Waals surface area contributed by atoms with Crippen molar-refractivity contribution in [2.45, 2.75) is 27.7 Å². The second kappa shape index (κ2) is 11.3. The van der Waals surface area contributed by atoms with Gasteiger partial charge in [-0.2, -0.15) is 0 Å². The molecule has 3 aromatic heterocycles. The van der Waals surface area contributed by atoms with Crippen molar-refractivity contribution in [3.05, 3.63) is 120 Å². The number of ketones is 1. The number of fused-ring (bicyclic) bond motifs is 6. The van der Waals surface area contributed by atoms with Gasteiger partial charge < -0.3 is 14.5 Å². The molecule has 4 aromatic carbocycles. The molecule has 0 unspecified atom stereocenters. The molecule has 0 bridgehead atoms. The van der Waals surface area contributed by atoms with Gasteiger partial charge in [0.25, 0.3) is 0 Å². The van der Waals surface area contributed by atoms with E-state index in [9.17, 15) is 4.79 Å². The van der Waals surface area contributed by atoms with E-state index in [1.54, 1.807) is 0 Å². The standard InChI is InChI=1S/C31H21N2.C5H8O2.Ir/c1-19-8-3-4-9-22(19)27-18-32-28(16-20(27)2)21-14-15-30-26(17-21)25-12-7-11-24-23-10-5-6-13-29(23)33(30)31(24)25;1-4(6)3-5(2)7;/h3-13,15-18H,1-2H3;3,6H,1-2H3;/q-1;;/b;4-3-;. The fraction of sp³-hybridized carbons (Fsp3) is 0.111. The van der Waals surface area contributed by atoms with E-state index >= 15 is 0 Å².